The van der Waals surface area contributed by atoms with Gasteiger partial charge in [-0.25, -0.2) is 0 Å². The van der Waals surface area contributed by atoms with Crippen LogP contribution in [0.1, 0.15) is 5.56 Å². The van der Waals surface area contributed by atoms with Gasteiger partial charge in [-0.15, -0.1) is 0 Å². The van der Waals surface area contributed by atoms with Crippen LogP contribution in [0, 0.1) is 5.92 Å². The van der Waals surface area contributed by atoms with Crippen LogP contribution >= 0.6 is 0 Å². The second-order valence-electron chi connectivity index (χ2n) is 4.25. The van der Waals surface area contributed by atoms with Gasteiger partial charge in [-0.2, -0.15) is 0 Å². The fourth-order valence-corrected chi connectivity index (χ4v) is 1.82. The maximum Gasteiger partial charge on any atom is 0.225 e. The van der Waals surface area contributed by atoms with E-state index in [2.05, 4.69) is 10.6 Å². The van der Waals surface area contributed by atoms with Gasteiger partial charge in [0.25, 0.3) is 0 Å². The van der Waals surface area contributed by atoms with Gasteiger partial charge in [0.05, 0.1) is 20.1 Å². The Morgan fingerprint density at radius 1 is 1.39 bits per heavy atom. The van der Waals surface area contributed by atoms with Gasteiger partial charge in [-0.3, -0.25) is 4.79 Å². The zero-order chi connectivity index (χ0) is 13.0. The standard InChI is InChI=1S/C13H18N2O3/c1-17-11-3-4-12(18-2)9(5-11)8-15-13(16)10-6-14-7-10/h3-5,10,14H,6-8H2,1-2H3,(H,15,16). The number of hydrogen-bond acceptors (Lipinski definition) is 4. The second kappa shape index (κ2) is 5.73. The van der Waals surface area contributed by atoms with Crippen LogP contribution in [0.15, 0.2) is 18.2 Å². The number of amides is 1. The van der Waals surface area contributed by atoms with Crippen LogP contribution in [0.25, 0.3) is 0 Å². The van der Waals surface area contributed by atoms with Crippen LogP contribution < -0.4 is 20.1 Å². The number of hydrogen-bond donors (Lipinski definition) is 2. The van der Waals surface area contributed by atoms with Gasteiger partial charge in [0.15, 0.2) is 0 Å². The topological polar surface area (TPSA) is 59.6 Å². The molecule has 1 aliphatic rings. The molecule has 2 rings (SSSR count). The van der Waals surface area contributed by atoms with Gasteiger partial charge in [0.1, 0.15) is 11.5 Å². The molecule has 1 aromatic carbocycles. The molecule has 0 spiro atoms. The third-order valence-corrected chi connectivity index (χ3v) is 3.09. The molecule has 0 atom stereocenters. The summed E-state index contributed by atoms with van der Waals surface area (Å²) in [6.45, 7) is 1.98. The molecule has 0 unspecified atom stereocenters. The average molecular weight is 250 g/mol. The summed E-state index contributed by atoms with van der Waals surface area (Å²) >= 11 is 0. The van der Waals surface area contributed by atoms with Crippen molar-refractivity contribution in [3.63, 3.8) is 0 Å². The van der Waals surface area contributed by atoms with Gasteiger partial charge in [-0.05, 0) is 18.2 Å². The van der Waals surface area contributed by atoms with E-state index in [4.69, 9.17) is 9.47 Å². The Kier molecular flexibility index (Phi) is 4.04. The zero-order valence-corrected chi connectivity index (χ0v) is 10.7. The fraction of sp³-hybridized carbons (Fsp3) is 0.462. The smallest absolute Gasteiger partial charge is 0.225 e. The number of carbonyl (C=O) groups excluding carboxylic acids is 1. The molecule has 1 aliphatic heterocycles. The molecule has 5 heteroatoms. The molecule has 1 fully saturated rings. The highest BCUT2D eigenvalue weighted by atomic mass is 16.5. The van der Waals surface area contributed by atoms with E-state index in [1.165, 1.54) is 0 Å². The van der Waals surface area contributed by atoms with Crippen LogP contribution in [-0.4, -0.2) is 33.2 Å². The fourth-order valence-electron chi connectivity index (χ4n) is 1.82. The zero-order valence-electron chi connectivity index (χ0n) is 10.7. The van der Waals surface area contributed by atoms with Crippen LogP contribution in [0.5, 0.6) is 11.5 Å². The number of benzene rings is 1. The Hall–Kier alpha value is -1.75. The first-order valence-electron chi connectivity index (χ1n) is 5.94. The summed E-state index contributed by atoms with van der Waals surface area (Å²) in [5, 5.41) is 5.99. The molecule has 2 N–H and O–H groups in total. The summed E-state index contributed by atoms with van der Waals surface area (Å²) in [7, 11) is 3.23. The minimum absolute atomic E-state index is 0.0821. The molecule has 1 saturated heterocycles. The van der Waals surface area contributed by atoms with Crippen molar-refractivity contribution < 1.29 is 14.3 Å². The summed E-state index contributed by atoms with van der Waals surface area (Å²) in [5.41, 5.74) is 0.914. The number of rotatable bonds is 5. The molecule has 0 saturated carbocycles. The van der Waals surface area contributed by atoms with E-state index in [9.17, 15) is 4.79 Å². The lowest BCUT2D eigenvalue weighted by atomic mass is 10.0. The average Bonchev–Trinajstić information content (AvgIpc) is 2.33. The summed E-state index contributed by atoms with van der Waals surface area (Å²) in [4.78, 5) is 11.7. The van der Waals surface area contributed by atoms with Crippen LogP contribution in [-0.2, 0) is 11.3 Å². The first-order valence-corrected chi connectivity index (χ1v) is 5.94. The van der Waals surface area contributed by atoms with Gasteiger partial charge in [0.2, 0.25) is 5.91 Å². The monoisotopic (exact) mass is 250 g/mol. The van der Waals surface area contributed by atoms with Crippen molar-refractivity contribution in [3.05, 3.63) is 23.8 Å². The van der Waals surface area contributed by atoms with Gasteiger partial charge in [-0.1, -0.05) is 0 Å². The molecule has 0 aromatic heterocycles. The first-order chi connectivity index (χ1) is 8.74. The maximum absolute atomic E-state index is 11.7. The van der Waals surface area contributed by atoms with Crippen LogP contribution in [0.2, 0.25) is 0 Å². The molecule has 1 heterocycles. The van der Waals surface area contributed by atoms with Crippen LogP contribution in [0.3, 0.4) is 0 Å². The highest BCUT2D eigenvalue weighted by Gasteiger charge is 2.24. The van der Waals surface area contributed by atoms with Crippen molar-refractivity contribution >= 4 is 5.91 Å². The molecular formula is C13H18N2O3. The van der Waals surface area contributed by atoms with E-state index >= 15 is 0 Å². The third-order valence-electron chi connectivity index (χ3n) is 3.09. The molecule has 0 radical (unpaired) electrons. The highest BCUT2D eigenvalue weighted by molar-refractivity contribution is 5.80. The van der Waals surface area contributed by atoms with E-state index in [1.807, 2.05) is 18.2 Å². The molecule has 18 heavy (non-hydrogen) atoms. The quantitative estimate of drug-likeness (QED) is 0.800. The Morgan fingerprint density at radius 3 is 2.72 bits per heavy atom. The molecule has 1 aromatic rings. The third kappa shape index (κ3) is 2.73. The molecule has 5 nitrogen and oxygen atoms in total. The van der Waals surface area contributed by atoms with E-state index < -0.39 is 0 Å². The SMILES string of the molecule is COc1ccc(OC)c(CNC(=O)C2CNC2)c1. The van der Waals surface area contributed by atoms with Crippen molar-refractivity contribution in [2.24, 2.45) is 5.92 Å². The number of nitrogens with one attached hydrogen (secondary N) is 2. The van der Waals surface area contributed by atoms with Gasteiger partial charge < -0.3 is 20.1 Å². The second-order valence-corrected chi connectivity index (χ2v) is 4.25. The maximum atomic E-state index is 11.7. The lowest BCUT2D eigenvalue weighted by molar-refractivity contribution is -0.126. The summed E-state index contributed by atoms with van der Waals surface area (Å²) in [5.74, 6) is 1.69. The predicted molar refractivity (Wildman–Crippen MR) is 67.8 cm³/mol. The Labute approximate surface area is 106 Å². The normalized spacial score (nSPS) is 14.8. The van der Waals surface area contributed by atoms with Crippen molar-refractivity contribution in [2.45, 2.75) is 6.54 Å². The summed E-state index contributed by atoms with van der Waals surface area (Å²) in [6.07, 6.45) is 0. The predicted octanol–water partition coefficient (Wildman–Crippen LogP) is 0.539. The highest BCUT2D eigenvalue weighted by Crippen LogP contribution is 2.23. The molecule has 98 valence electrons. The lowest BCUT2D eigenvalue weighted by Crippen LogP contribution is -2.50. The number of methoxy groups -OCH3 is 2. The Balaban J connectivity index is 2.00. The largest absolute Gasteiger partial charge is 0.497 e. The van der Waals surface area contributed by atoms with Crippen molar-refractivity contribution in [3.8, 4) is 11.5 Å². The van der Waals surface area contributed by atoms with Crippen molar-refractivity contribution in [2.75, 3.05) is 27.3 Å². The Morgan fingerprint density at radius 2 is 2.17 bits per heavy atom. The van der Waals surface area contributed by atoms with Crippen molar-refractivity contribution in [1.29, 1.82) is 0 Å². The molecular weight excluding hydrogens is 232 g/mol. The summed E-state index contributed by atoms with van der Waals surface area (Å²) < 4.78 is 10.4. The van der Waals surface area contributed by atoms with E-state index in [-0.39, 0.29) is 11.8 Å². The van der Waals surface area contributed by atoms with Crippen LogP contribution in [0.4, 0.5) is 0 Å². The van der Waals surface area contributed by atoms with Crippen molar-refractivity contribution in [1.82, 2.24) is 10.6 Å². The molecule has 0 aliphatic carbocycles. The number of carbonyl (C=O) groups is 1. The van der Waals surface area contributed by atoms with E-state index in [0.29, 0.717) is 6.54 Å². The Bertz CT molecular complexity index is 430. The minimum Gasteiger partial charge on any atom is -0.497 e. The number of ether oxygens (including phenoxy) is 2. The lowest BCUT2D eigenvalue weighted by Gasteiger charge is -2.25. The van der Waals surface area contributed by atoms with Gasteiger partial charge in [0, 0.05) is 25.2 Å². The van der Waals surface area contributed by atoms with E-state index in [1.54, 1.807) is 14.2 Å². The summed E-state index contributed by atoms with van der Waals surface area (Å²) in [6, 6.07) is 5.55. The van der Waals surface area contributed by atoms with Gasteiger partial charge >= 0.3 is 0 Å². The molecule has 0 bridgehead atoms. The minimum atomic E-state index is 0.0821. The molecule has 1 amide bonds. The first kappa shape index (κ1) is 12.7. The van der Waals surface area contributed by atoms with E-state index in [0.717, 1.165) is 30.2 Å².